The maximum absolute atomic E-state index is 12.2. The molecule has 0 bridgehead atoms. The van der Waals surface area contributed by atoms with Crippen molar-refractivity contribution >= 4 is 22.5 Å². The van der Waals surface area contributed by atoms with Crippen LogP contribution in [0.5, 0.6) is 0 Å². The van der Waals surface area contributed by atoms with Crippen molar-refractivity contribution in [2.75, 3.05) is 5.73 Å². The number of amides is 1. The Morgan fingerprint density at radius 3 is 3.10 bits per heavy atom. The standard InChI is InChI=1S/C15H17N5O/c1-10(8-20-5-4-17-9-20)18-15(21)14-7-11-6-12(16)2-3-13(11)19-14/h2-7,9-10,19H,8,16H2,1H3,(H,18,21). The molecule has 1 amide bonds. The van der Waals surface area contributed by atoms with E-state index in [2.05, 4.69) is 15.3 Å². The van der Waals surface area contributed by atoms with E-state index in [9.17, 15) is 4.79 Å². The van der Waals surface area contributed by atoms with Crippen LogP contribution in [0.2, 0.25) is 0 Å². The molecule has 1 atom stereocenters. The number of fused-ring (bicyclic) bond motifs is 1. The highest BCUT2D eigenvalue weighted by Crippen LogP contribution is 2.18. The SMILES string of the molecule is CC(Cn1ccnc1)NC(=O)c1cc2cc(N)ccc2[nH]1. The number of aromatic nitrogens is 3. The Kier molecular flexibility index (Phi) is 3.35. The van der Waals surface area contributed by atoms with E-state index in [-0.39, 0.29) is 11.9 Å². The van der Waals surface area contributed by atoms with Gasteiger partial charge in [-0.25, -0.2) is 4.98 Å². The first-order valence-electron chi connectivity index (χ1n) is 6.76. The van der Waals surface area contributed by atoms with Crippen molar-refractivity contribution in [3.8, 4) is 0 Å². The minimum absolute atomic E-state index is 0.00295. The van der Waals surface area contributed by atoms with Crippen LogP contribution >= 0.6 is 0 Å². The van der Waals surface area contributed by atoms with E-state index < -0.39 is 0 Å². The molecular weight excluding hydrogens is 266 g/mol. The molecule has 1 aromatic carbocycles. The summed E-state index contributed by atoms with van der Waals surface area (Å²) in [5.41, 5.74) is 7.86. The van der Waals surface area contributed by atoms with E-state index >= 15 is 0 Å². The van der Waals surface area contributed by atoms with E-state index in [0.29, 0.717) is 17.9 Å². The predicted molar refractivity (Wildman–Crippen MR) is 81.9 cm³/mol. The Bertz CT molecular complexity index is 760. The van der Waals surface area contributed by atoms with Gasteiger partial charge in [0.05, 0.1) is 6.33 Å². The first-order valence-corrected chi connectivity index (χ1v) is 6.76. The lowest BCUT2D eigenvalue weighted by Crippen LogP contribution is -2.35. The molecule has 0 saturated heterocycles. The number of nitrogens with two attached hydrogens (primary N) is 1. The van der Waals surface area contributed by atoms with Crippen molar-refractivity contribution in [3.63, 3.8) is 0 Å². The summed E-state index contributed by atoms with van der Waals surface area (Å²) in [4.78, 5) is 19.3. The minimum Gasteiger partial charge on any atom is -0.399 e. The topological polar surface area (TPSA) is 88.7 Å². The van der Waals surface area contributed by atoms with E-state index in [1.807, 2.05) is 42.0 Å². The summed E-state index contributed by atoms with van der Waals surface area (Å²) in [6.45, 7) is 2.64. The van der Waals surface area contributed by atoms with Crippen molar-refractivity contribution in [3.05, 3.63) is 48.7 Å². The van der Waals surface area contributed by atoms with Gasteiger partial charge in [0.15, 0.2) is 0 Å². The fraction of sp³-hybridized carbons (Fsp3) is 0.200. The van der Waals surface area contributed by atoms with Crippen molar-refractivity contribution in [1.29, 1.82) is 0 Å². The lowest BCUT2D eigenvalue weighted by Gasteiger charge is -2.13. The molecule has 21 heavy (non-hydrogen) atoms. The highest BCUT2D eigenvalue weighted by Gasteiger charge is 2.12. The zero-order chi connectivity index (χ0) is 14.8. The van der Waals surface area contributed by atoms with Crippen LogP contribution in [0.4, 0.5) is 5.69 Å². The molecule has 0 aliphatic carbocycles. The molecular formula is C15H17N5O. The average molecular weight is 283 g/mol. The van der Waals surface area contributed by atoms with Gasteiger partial charge in [0.2, 0.25) is 0 Å². The van der Waals surface area contributed by atoms with Crippen LogP contribution in [0.1, 0.15) is 17.4 Å². The fourth-order valence-corrected chi connectivity index (χ4v) is 2.33. The second-order valence-corrected chi connectivity index (χ2v) is 5.16. The van der Waals surface area contributed by atoms with Gasteiger partial charge in [-0.3, -0.25) is 4.79 Å². The van der Waals surface area contributed by atoms with Gasteiger partial charge in [0.1, 0.15) is 5.69 Å². The molecule has 0 aliphatic rings. The lowest BCUT2D eigenvalue weighted by molar-refractivity contribution is 0.0932. The van der Waals surface area contributed by atoms with E-state index in [1.165, 1.54) is 0 Å². The highest BCUT2D eigenvalue weighted by atomic mass is 16.1. The minimum atomic E-state index is -0.127. The van der Waals surface area contributed by atoms with Gasteiger partial charge in [0, 0.05) is 41.6 Å². The van der Waals surface area contributed by atoms with E-state index in [4.69, 9.17) is 5.73 Å². The van der Waals surface area contributed by atoms with Gasteiger partial charge in [-0.05, 0) is 31.2 Å². The first-order chi connectivity index (χ1) is 10.1. The van der Waals surface area contributed by atoms with Gasteiger partial charge in [0.25, 0.3) is 5.91 Å². The summed E-state index contributed by atoms with van der Waals surface area (Å²) < 4.78 is 1.93. The number of nitrogens with zero attached hydrogens (tertiary/aromatic N) is 2. The molecule has 0 spiro atoms. The molecule has 6 heteroatoms. The molecule has 3 aromatic rings. The number of carbonyl (C=O) groups excluding carboxylic acids is 1. The number of rotatable bonds is 4. The number of hydrogen-bond acceptors (Lipinski definition) is 3. The largest absolute Gasteiger partial charge is 0.399 e. The molecule has 108 valence electrons. The van der Waals surface area contributed by atoms with Crippen LogP contribution in [0.25, 0.3) is 10.9 Å². The average Bonchev–Trinajstić information content (AvgIpc) is 3.06. The Morgan fingerprint density at radius 2 is 2.33 bits per heavy atom. The Labute approximate surface area is 122 Å². The normalized spacial score (nSPS) is 12.4. The van der Waals surface area contributed by atoms with Crippen LogP contribution in [-0.4, -0.2) is 26.5 Å². The number of anilines is 1. The number of carbonyl (C=O) groups is 1. The third kappa shape index (κ3) is 2.89. The van der Waals surface area contributed by atoms with Crippen LogP contribution < -0.4 is 11.1 Å². The van der Waals surface area contributed by atoms with Crippen molar-refractivity contribution < 1.29 is 4.79 Å². The van der Waals surface area contributed by atoms with Gasteiger partial charge in [-0.2, -0.15) is 0 Å². The zero-order valence-electron chi connectivity index (χ0n) is 11.7. The summed E-state index contributed by atoms with van der Waals surface area (Å²) in [6, 6.07) is 7.34. The molecule has 2 aromatic heterocycles. The van der Waals surface area contributed by atoms with Crippen LogP contribution in [0.3, 0.4) is 0 Å². The number of hydrogen-bond donors (Lipinski definition) is 3. The fourth-order valence-electron chi connectivity index (χ4n) is 2.33. The summed E-state index contributed by atoms with van der Waals surface area (Å²) in [5.74, 6) is -0.127. The molecule has 3 rings (SSSR count). The molecule has 0 fully saturated rings. The molecule has 6 nitrogen and oxygen atoms in total. The molecule has 0 aliphatic heterocycles. The Hall–Kier alpha value is -2.76. The van der Waals surface area contributed by atoms with Crippen LogP contribution in [0.15, 0.2) is 43.0 Å². The Morgan fingerprint density at radius 1 is 1.48 bits per heavy atom. The van der Waals surface area contributed by atoms with Crippen LogP contribution in [-0.2, 0) is 6.54 Å². The lowest BCUT2D eigenvalue weighted by atomic mass is 10.2. The predicted octanol–water partition coefficient (Wildman–Crippen LogP) is 1.77. The number of nitrogens with one attached hydrogen (secondary N) is 2. The van der Waals surface area contributed by atoms with Gasteiger partial charge < -0.3 is 20.6 Å². The number of imidazole rings is 1. The van der Waals surface area contributed by atoms with Crippen LogP contribution in [0, 0.1) is 0 Å². The first kappa shape index (κ1) is 13.2. The Balaban J connectivity index is 1.71. The highest BCUT2D eigenvalue weighted by molar-refractivity contribution is 5.98. The van der Waals surface area contributed by atoms with E-state index in [0.717, 1.165) is 10.9 Å². The van der Waals surface area contributed by atoms with Crippen molar-refractivity contribution in [2.45, 2.75) is 19.5 Å². The molecule has 0 saturated carbocycles. The molecule has 0 radical (unpaired) electrons. The summed E-state index contributed by atoms with van der Waals surface area (Å²) >= 11 is 0. The van der Waals surface area contributed by atoms with Gasteiger partial charge in [-0.15, -0.1) is 0 Å². The maximum atomic E-state index is 12.2. The smallest absolute Gasteiger partial charge is 0.267 e. The zero-order valence-corrected chi connectivity index (χ0v) is 11.7. The maximum Gasteiger partial charge on any atom is 0.267 e. The van der Waals surface area contributed by atoms with E-state index in [1.54, 1.807) is 12.5 Å². The van der Waals surface area contributed by atoms with Crippen molar-refractivity contribution in [2.24, 2.45) is 0 Å². The number of H-pyrrole nitrogens is 1. The van der Waals surface area contributed by atoms with Gasteiger partial charge in [-0.1, -0.05) is 0 Å². The third-order valence-corrected chi connectivity index (χ3v) is 3.31. The van der Waals surface area contributed by atoms with Crippen molar-refractivity contribution in [1.82, 2.24) is 19.9 Å². The second kappa shape index (κ2) is 5.32. The molecule has 1 unspecified atom stereocenters. The number of aromatic amines is 1. The molecule has 2 heterocycles. The quantitative estimate of drug-likeness (QED) is 0.637. The summed E-state index contributed by atoms with van der Waals surface area (Å²) in [6.07, 6.45) is 5.32. The number of benzene rings is 1. The van der Waals surface area contributed by atoms with Gasteiger partial charge >= 0.3 is 0 Å². The monoisotopic (exact) mass is 283 g/mol. The molecule has 4 N–H and O–H groups in total. The number of nitrogen functional groups attached to an aromatic ring is 1. The summed E-state index contributed by atoms with van der Waals surface area (Å²) in [5, 5.41) is 3.89. The summed E-state index contributed by atoms with van der Waals surface area (Å²) in [7, 11) is 0. The second-order valence-electron chi connectivity index (χ2n) is 5.16. The third-order valence-electron chi connectivity index (χ3n) is 3.31.